The number of benzene rings is 3. The molecule has 3 aromatic carbocycles. The number of carbonyl (C=O) groups is 1. The lowest BCUT2D eigenvalue weighted by Gasteiger charge is -2.08. The number of ether oxygens (including phenoxy) is 1. The van der Waals surface area contributed by atoms with Gasteiger partial charge in [0.2, 0.25) is 5.89 Å². The minimum atomic E-state index is -0.240. The fraction of sp³-hybridized carbons (Fsp3) is 0.130. The van der Waals surface area contributed by atoms with E-state index in [9.17, 15) is 4.79 Å². The molecule has 1 heterocycles. The first-order valence-corrected chi connectivity index (χ1v) is 9.12. The Bertz CT molecular complexity index is 1130. The first-order chi connectivity index (χ1) is 13.7. The summed E-state index contributed by atoms with van der Waals surface area (Å²) in [7, 11) is 1.54. The number of hydrogen-bond donors (Lipinski definition) is 1. The molecule has 0 unspecified atom stereocenters. The van der Waals surface area contributed by atoms with Crippen LogP contribution >= 0.6 is 0 Å². The van der Waals surface area contributed by atoms with E-state index in [-0.39, 0.29) is 5.91 Å². The topological polar surface area (TPSA) is 64.4 Å². The molecule has 4 aromatic rings. The average molecular weight is 372 g/mol. The van der Waals surface area contributed by atoms with Gasteiger partial charge in [-0.1, -0.05) is 31.2 Å². The molecule has 28 heavy (non-hydrogen) atoms. The van der Waals surface area contributed by atoms with E-state index in [0.29, 0.717) is 34.0 Å². The first-order valence-electron chi connectivity index (χ1n) is 9.12. The van der Waals surface area contributed by atoms with Gasteiger partial charge in [-0.2, -0.15) is 0 Å². The highest BCUT2D eigenvalue weighted by Crippen LogP contribution is 2.27. The molecule has 140 valence electrons. The number of hydrogen-bond acceptors (Lipinski definition) is 4. The van der Waals surface area contributed by atoms with E-state index >= 15 is 0 Å². The number of rotatable bonds is 5. The van der Waals surface area contributed by atoms with Crippen molar-refractivity contribution in [3.63, 3.8) is 0 Å². The van der Waals surface area contributed by atoms with Crippen LogP contribution in [0.4, 0.5) is 5.69 Å². The minimum Gasteiger partial charge on any atom is -0.496 e. The highest BCUT2D eigenvalue weighted by atomic mass is 16.5. The fourth-order valence-electron chi connectivity index (χ4n) is 3.04. The van der Waals surface area contributed by atoms with E-state index < -0.39 is 0 Å². The summed E-state index contributed by atoms with van der Waals surface area (Å²) in [6, 6.07) is 20.7. The standard InChI is InChI=1S/C23H20N2O3/c1-3-15-8-10-16(11-9-15)23-25-19-14-17(12-13-21(19)28-23)24-22(26)18-6-4-5-7-20(18)27-2/h4-14H,3H2,1-2H3,(H,24,26). The summed E-state index contributed by atoms with van der Waals surface area (Å²) in [5.41, 5.74) is 4.66. The zero-order valence-electron chi connectivity index (χ0n) is 15.7. The lowest BCUT2D eigenvalue weighted by Crippen LogP contribution is -2.13. The number of aryl methyl sites for hydroxylation is 1. The van der Waals surface area contributed by atoms with Crippen LogP contribution in [0.3, 0.4) is 0 Å². The number of methoxy groups -OCH3 is 1. The number of aromatic nitrogens is 1. The molecule has 1 N–H and O–H groups in total. The number of para-hydroxylation sites is 1. The van der Waals surface area contributed by atoms with Crippen molar-refractivity contribution in [2.75, 3.05) is 12.4 Å². The van der Waals surface area contributed by atoms with Gasteiger partial charge in [0.25, 0.3) is 5.91 Å². The van der Waals surface area contributed by atoms with Crippen molar-refractivity contribution in [2.24, 2.45) is 0 Å². The van der Waals surface area contributed by atoms with Crippen molar-refractivity contribution < 1.29 is 13.9 Å². The summed E-state index contributed by atoms with van der Waals surface area (Å²) in [5, 5.41) is 2.89. The molecule has 0 fully saturated rings. The molecule has 0 aliphatic rings. The molecule has 1 amide bonds. The molecule has 5 heteroatoms. The van der Waals surface area contributed by atoms with Crippen LogP contribution in [0.15, 0.2) is 71.1 Å². The lowest BCUT2D eigenvalue weighted by atomic mass is 10.1. The van der Waals surface area contributed by atoms with Gasteiger partial charge >= 0.3 is 0 Å². The molecule has 0 radical (unpaired) electrons. The molecule has 0 bridgehead atoms. The number of amides is 1. The Labute approximate surface area is 163 Å². The molecular formula is C23H20N2O3. The molecule has 0 spiro atoms. The second-order valence-corrected chi connectivity index (χ2v) is 6.41. The maximum absolute atomic E-state index is 12.6. The highest BCUT2D eigenvalue weighted by Gasteiger charge is 2.13. The zero-order chi connectivity index (χ0) is 19.5. The largest absolute Gasteiger partial charge is 0.496 e. The van der Waals surface area contributed by atoms with Gasteiger partial charge in [-0.25, -0.2) is 4.98 Å². The predicted molar refractivity (Wildman–Crippen MR) is 110 cm³/mol. The van der Waals surface area contributed by atoms with Crippen molar-refractivity contribution >= 4 is 22.7 Å². The summed E-state index contributed by atoms with van der Waals surface area (Å²) in [6.07, 6.45) is 0.989. The monoisotopic (exact) mass is 372 g/mol. The zero-order valence-corrected chi connectivity index (χ0v) is 15.7. The van der Waals surface area contributed by atoms with Gasteiger partial charge in [0.15, 0.2) is 5.58 Å². The van der Waals surface area contributed by atoms with Crippen molar-refractivity contribution in [3.05, 3.63) is 77.9 Å². The van der Waals surface area contributed by atoms with Gasteiger partial charge in [0, 0.05) is 11.3 Å². The predicted octanol–water partition coefficient (Wildman–Crippen LogP) is 5.32. The number of anilines is 1. The van der Waals surface area contributed by atoms with Crippen LogP contribution in [0.1, 0.15) is 22.8 Å². The Morgan fingerprint density at radius 2 is 1.86 bits per heavy atom. The molecule has 0 saturated heterocycles. The molecular weight excluding hydrogens is 352 g/mol. The molecule has 0 atom stereocenters. The Hall–Kier alpha value is -3.60. The van der Waals surface area contributed by atoms with Gasteiger partial charge in [0.05, 0.1) is 12.7 Å². The average Bonchev–Trinajstić information content (AvgIpc) is 3.17. The lowest BCUT2D eigenvalue weighted by molar-refractivity contribution is 0.102. The van der Waals surface area contributed by atoms with Gasteiger partial charge in [0.1, 0.15) is 11.3 Å². The van der Waals surface area contributed by atoms with Gasteiger partial charge in [-0.15, -0.1) is 0 Å². The second-order valence-electron chi connectivity index (χ2n) is 6.41. The van der Waals surface area contributed by atoms with Crippen LogP contribution in [-0.4, -0.2) is 18.0 Å². The molecule has 0 aliphatic heterocycles. The SMILES string of the molecule is CCc1ccc(-c2nc3cc(NC(=O)c4ccccc4OC)ccc3o2)cc1. The third-order valence-electron chi connectivity index (χ3n) is 4.61. The van der Waals surface area contributed by atoms with Gasteiger partial charge < -0.3 is 14.5 Å². The highest BCUT2D eigenvalue weighted by molar-refractivity contribution is 6.06. The van der Waals surface area contributed by atoms with E-state index in [1.54, 1.807) is 37.4 Å². The van der Waals surface area contributed by atoms with Crippen molar-refractivity contribution in [1.82, 2.24) is 4.98 Å². The van der Waals surface area contributed by atoms with E-state index in [0.717, 1.165) is 12.0 Å². The normalized spacial score (nSPS) is 10.8. The number of nitrogens with zero attached hydrogens (tertiary/aromatic N) is 1. The molecule has 4 rings (SSSR count). The van der Waals surface area contributed by atoms with Crippen molar-refractivity contribution in [1.29, 1.82) is 0 Å². The van der Waals surface area contributed by atoms with Crippen molar-refractivity contribution in [3.8, 4) is 17.2 Å². The summed E-state index contributed by atoms with van der Waals surface area (Å²) in [6.45, 7) is 2.12. The first kappa shape index (κ1) is 17.8. The van der Waals surface area contributed by atoms with Crippen molar-refractivity contribution in [2.45, 2.75) is 13.3 Å². The van der Waals surface area contributed by atoms with E-state index in [2.05, 4.69) is 29.4 Å². The van der Waals surface area contributed by atoms with Gasteiger partial charge in [-0.3, -0.25) is 4.79 Å². The molecule has 0 aliphatic carbocycles. The van der Waals surface area contributed by atoms with E-state index in [1.165, 1.54) is 5.56 Å². The maximum Gasteiger partial charge on any atom is 0.259 e. The van der Waals surface area contributed by atoms with E-state index in [4.69, 9.17) is 9.15 Å². The fourth-order valence-corrected chi connectivity index (χ4v) is 3.04. The Balaban J connectivity index is 1.60. The number of carbonyl (C=O) groups excluding carboxylic acids is 1. The third-order valence-corrected chi connectivity index (χ3v) is 4.61. The second kappa shape index (κ2) is 7.56. The summed E-state index contributed by atoms with van der Waals surface area (Å²) in [5.74, 6) is 0.849. The summed E-state index contributed by atoms with van der Waals surface area (Å²) >= 11 is 0. The summed E-state index contributed by atoms with van der Waals surface area (Å²) in [4.78, 5) is 17.2. The number of fused-ring (bicyclic) bond motifs is 1. The molecule has 0 saturated carbocycles. The minimum absolute atomic E-state index is 0.240. The van der Waals surface area contributed by atoms with Crippen LogP contribution in [0.2, 0.25) is 0 Å². The number of oxazole rings is 1. The Kier molecular flexibility index (Phi) is 4.81. The van der Waals surface area contributed by atoms with Crippen LogP contribution in [-0.2, 0) is 6.42 Å². The molecule has 1 aromatic heterocycles. The van der Waals surface area contributed by atoms with Crippen LogP contribution < -0.4 is 10.1 Å². The van der Waals surface area contributed by atoms with Gasteiger partial charge in [-0.05, 0) is 54.4 Å². The Morgan fingerprint density at radius 1 is 1.07 bits per heavy atom. The maximum atomic E-state index is 12.6. The smallest absolute Gasteiger partial charge is 0.259 e. The number of nitrogens with one attached hydrogen (secondary N) is 1. The third kappa shape index (κ3) is 3.47. The van der Waals surface area contributed by atoms with Crippen LogP contribution in [0.5, 0.6) is 5.75 Å². The van der Waals surface area contributed by atoms with Crippen LogP contribution in [0.25, 0.3) is 22.6 Å². The van der Waals surface area contributed by atoms with Crippen LogP contribution in [0, 0.1) is 0 Å². The quantitative estimate of drug-likeness (QED) is 0.515. The molecule has 5 nitrogen and oxygen atoms in total. The van der Waals surface area contributed by atoms with E-state index in [1.807, 2.05) is 24.3 Å². The Morgan fingerprint density at radius 3 is 2.61 bits per heavy atom. The summed E-state index contributed by atoms with van der Waals surface area (Å²) < 4.78 is 11.1.